The molecule has 3 aromatic carbocycles. The molecule has 0 heterocycles. The van der Waals surface area contributed by atoms with Crippen LogP contribution in [-0.2, 0) is 9.53 Å². The van der Waals surface area contributed by atoms with Gasteiger partial charge in [0.05, 0.1) is 5.02 Å². The molecular weight excluding hydrogens is 348 g/mol. The van der Waals surface area contributed by atoms with Crippen molar-refractivity contribution in [1.29, 1.82) is 0 Å². The number of Topliss-reactive ketones (excluding diaryl/α,β-unsaturated/α-hetero) is 1. The fraction of sp³-hybridized carbons (Fsp3) is 0.0909. The highest BCUT2D eigenvalue weighted by molar-refractivity contribution is 6.34. The van der Waals surface area contributed by atoms with Gasteiger partial charge in [-0.3, -0.25) is 9.59 Å². The summed E-state index contributed by atoms with van der Waals surface area (Å²) in [5, 5.41) is 0.344. The molecule has 0 aromatic heterocycles. The second-order valence-corrected chi connectivity index (χ2v) is 6.17. The van der Waals surface area contributed by atoms with E-state index in [-0.39, 0.29) is 12.4 Å². The Morgan fingerprint density at radius 3 is 1.81 bits per heavy atom. The first-order valence-electron chi connectivity index (χ1n) is 8.21. The van der Waals surface area contributed by atoms with Gasteiger partial charge in [-0.15, -0.1) is 0 Å². The molecule has 0 fully saturated rings. The van der Waals surface area contributed by atoms with Gasteiger partial charge in [-0.2, -0.15) is 0 Å². The van der Waals surface area contributed by atoms with Crippen LogP contribution < -0.4 is 0 Å². The van der Waals surface area contributed by atoms with E-state index in [0.29, 0.717) is 10.6 Å². The molecular formula is C22H17ClO3. The molecule has 3 nitrogen and oxygen atoms in total. The summed E-state index contributed by atoms with van der Waals surface area (Å²) in [7, 11) is 0. The number of esters is 1. The molecule has 3 rings (SSSR count). The van der Waals surface area contributed by atoms with Crippen LogP contribution in [0.3, 0.4) is 0 Å². The molecule has 0 bridgehead atoms. The van der Waals surface area contributed by atoms with E-state index in [1.165, 1.54) is 0 Å². The third kappa shape index (κ3) is 4.19. The van der Waals surface area contributed by atoms with Crippen LogP contribution in [-0.4, -0.2) is 18.4 Å². The van der Waals surface area contributed by atoms with Crippen molar-refractivity contribution in [3.63, 3.8) is 0 Å². The molecule has 0 unspecified atom stereocenters. The lowest BCUT2D eigenvalue weighted by atomic mass is 9.91. The van der Waals surface area contributed by atoms with Crippen LogP contribution in [0.1, 0.15) is 27.4 Å². The van der Waals surface area contributed by atoms with Gasteiger partial charge in [0.15, 0.2) is 6.61 Å². The standard InChI is InChI=1S/C22H17ClO3/c23-19-14-8-7-13-18(19)20(24)15-26-22(25)21(16-9-3-1-4-10-16)17-11-5-2-6-12-17/h1-14,21H,15H2. The average molecular weight is 365 g/mol. The van der Waals surface area contributed by atoms with Gasteiger partial charge in [-0.25, -0.2) is 0 Å². The Bertz CT molecular complexity index is 852. The van der Waals surface area contributed by atoms with E-state index in [1.807, 2.05) is 60.7 Å². The van der Waals surface area contributed by atoms with E-state index in [4.69, 9.17) is 16.3 Å². The highest BCUT2D eigenvalue weighted by Gasteiger charge is 2.25. The van der Waals surface area contributed by atoms with Gasteiger partial charge in [-0.05, 0) is 23.3 Å². The van der Waals surface area contributed by atoms with Crippen LogP contribution in [0.4, 0.5) is 0 Å². The van der Waals surface area contributed by atoms with Crippen molar-refractivity contribution in [2.45, 2.75) is 5.92 Å². The molecule has 0 saturated heterocycles. The van der Waals surface area contributed by atoms with Crippen molar-refractivity contribution in [2.24, 2.45) is 0 Å². The smallest absolute Gasteiger partial charge is 0.318 e. The normalized spacial score (nSPS) is 10.5. The van der Waals surface area contributed by atoms with Crippen molar-refractivity contribution in [3.05, 3.63) is 107 Å². The zero-order valence-electron chi connectivity index (χ0n) is 14.0. The lowest BCUT2D eigenvalue weighted by molar-refractivity contribution is -0.143. The number of halogens is 1. The number of benzene rings is 3. The summed E-state index contributed by atoms with van der Waals surface area (Å²) in [6.07, 6.45) is 0. The van der Waals surface area contributed by atoms with Gasteiger partial charge < -0.3 is 4.74 Å². The Morgan fingerprint density at radius 2 is 1.27 bits per heavy atom. The van der Waals surface area contributed by atoms with E-state index < -0.39 is 11.9 Å². The maximum Gasteiger partial charge on any atom is 0.318 e. The maximum absolute atomic E-state index is 12.8. The molecule has 0 amide bonds. The van der Waals surface area contributed by atoms with Crippen molar-refractivity contribution in [3.8, 4) is 0 Å². The van der Waals surface area contributed by atoms with Crippen molar-refractivity contribution < 1.29 is 14.3 Å². The lowest BCUT2D eigenvalue weighted by Gasteiger charge is -2.17. The number of ether oxygens (including phenoxy) is 1. The molecule has 0 aliphatic heterocycles. The van der Waals surface area contributed by atoms with Crippen LogP contribution in [0.15, 0.2) is 84.9 Å². The summed E-state index contributed by atoms with van der Waals surface area (Å²) >= 11 is 6.03. The Labute approximate surface area is 157 Å². The van der Waals surface area contributed by atoms with Crippen molar-refractivity contribution >= 4 is 23.4 Å². The lowest BCUT2D eigenvalue weighted by Crippen LogP contribution is -2.21. The molecule has 0 spiro atoms. The Hall–Kier alpha value is -2.91. The summed E-state index contributed by atoms with van der Waals surface area (Å²) in [5.74, 6) is -1.39. The molecule has 130 valence electrons. The van der Waals surface area contributed by atoms with Crippen LogP contribution in [0.25, 0.3) is 0 Å². The Kier molecular flexibility index (Phi) is 5.82. The van der Waals surface area contributed by atoms with Gasteiger partial charge in [0.2, 0.25) is 5.78 Å². The number of carbonyl (C=O) groups is 2. The summed E-state index contributed by atoms with van der Waals surface area (Å²) in [4.78, 5) is 25.1. The molecule has 0 radical (unpaired) electrons. The van der Waals surface area contributed by atoms with E-state index in [2.05, 4.69) is 0 Å². The second-order valence-electron chi connectivity index (χ2n) is 5.77. The van der Waals surface area contributed by atoms with E-state index >= 15 is 0 Å². The average Bonchev–Trinajstić information content (AvgIpc) is 2.68. The van der Waals surface area contributed by atoms with Crippen LogP contribution in [0.2, 0.25) is 5.02 Å². The topological polar surface area (TPSA) is 43.4 Å². The predicted molar refractivity (Wildman–Crippen MR) is 101 cm³/mol. The Balaban J connectivity index is 1.78. The van der Waals surface area contributed by atoms with Gasteiger partial charge in [0.1, 0.15) is 5.92 Å². The number of ketones is 1. The number of carbonyl (C=O) groups excluding carboxylic acids is 2. The third-order valence-corrected chi connectivity index (χ3v) is 4.35. The van der Waals surface area contributed by atoms with E-state index in [1.54, 1.807) is 24.3 Å². The quantitative estimate of drug-likeness (QED) is 0.461. The van der Waals surface area contributed by atoms with Crippen LogP contribution in [0.5, 0.6) is 0 Å². The molecule has 0 aliphatic carbocycles. The van der Waals surface area contributed by atoms with Crippen molar-refractivity contribution in [1.82, 2.24) is 0 Å². The minimum atomic E-state index is -0.587. The van der Waals surface area contributed by atoms with E-state index in [9.17, 15) is 9.59 Å². The summed E-state index contributed by atoms with van der Waals surface area (Å²) < 4.78 is 5.34. The number of rotatable bonds is 6. The fourth-order valence-corrected chi connectivity index (χ4v) is 2.98. The third-order valence-electron chi connectivity index (χ3n) is 4.02. The first-order chi connectivity index (χ1) is 12.7. The zero-order chi connectivity index (χ0) is 18.4. The molecule has 0 saturated carbocycles. The molecule has 0 aliphatic rings. The minimum absolute atomic E-state index is 0.330. The predicted octanol–water partition coefficient (Wildman–Crippen LogP) is 4.90. The van der Waals surface area contributed by atoms with Crippen molar-refractivity contribution in [2.75, 3.05) is 6.61 Å². The fourth-order valence-electron chi connectivity index (χ4n) is 2.74. The zero-order valence-corrected chi connectivity index (χ0v) is 14.7. The van der Waals surface area contributed by atoms with E-state index in [0.717, 1.165) is 11.1 Å². The van der Waals surface area contributed by atoms with Gasteiger partial charge >= 0.3 is 5.97 Å². The Morgan fingerprint density at radius 1 is 0.769 bits per heavy atom. The monoisotopic (exact) mass is 364 g/mol. The molecule has 0 N–H and O–H groups in total. The molecule has 3 aromatic rings. The SMILES string of the molecule is O=C(COC(=O)C(c1ccccc1)c1ccccc1)c1ccccc1Cl. The molecule has 4 heteroatoms. The van der Waals surface area contributed by atoms with Crippen LogP contribution in [0, 0.1) is 0 Å². The molecule has 26 heavy (non-hydrogen) atoms. The summed E-state index contributed by atoms with van der Waals surface area (Å²) in [6, 6.07) is 25.4. The summed E-state index contributed by atoms with van der Waals surface area (Å²) in [5.41, 5.74) is 1.97. The van der Waals surface area contributed by atoms with Gasteiger partial charge in [0.25, 0.3) is 0 Å². The maximum atomic E-state index is 12.8. The molecule has 0 atom stereocenters. The number of hydrogen-bond acceptors (Lipinski definition) is 3. The van der Waals surface area contributed by atoms with Gasteiger partial charge in [0, 0.05) is 5.56 Å². The minimum Gasteiger partial charge on any atom is -0.457 e. The van der Waals surface area contributed by atoms with Crippen LogP contribution >= 0.6 is 11.6 Å². The number of hydrogen-bond donors (Lipinski definition) is 0. The first kappa shape index (κ1) is 17.9. The highest BCUT2D eigenvalue weighted by Crippen LogP contribution is 2.26. The largest absolute Gasteiger partial charge is 0.457 e. The second kappa shape index (κ2) is 8.45. The summed E-state index contributed by atoms with van der Waals surface area (Å²) in [6.45, 7) is -0.348. The van der Waals surface area contributed by atoms with Gasteiger partial charge in [-0.1, -0.05) is 84.4 Å². The highest BCUT2D eigenvalue weighted by atomic mass is 35.5. The first-order valence-corrected chi connectivity index (χ1v) is 8.59.